The maximum absolute atomic E-state index is 12.1. The quantitative estimate of drug-likeness (QED) is 0.843. The van der Waals surface area contributed by atoms with Crippen LogP contribution in [0.1, 0.15) is 27.9 Å². The van der Waals surface area contributed by atoms with Gasteiger partial charge in [-0.3, -0.25) is 9.59 Å². The van der Waals surface area contributed by atoms with Crippen molar-refractivity contribution in [1.29, 1.82) is 0 Å². The van der Waals surface area contributed by atoms with Crippen molar-refractivity contribution in [2.75, 3.05) is 21.2 Å². The van der Waals surface area contributed by atoms with E-state index in [2.05, 4.69) is 5.32 Å². The Bertz CT molecular complexity index is 741. The minimum Gasteiger partial charge on any atom is -0.497 e. The highest BCUT2D eigenvalue weighted by Gasteiger charge is 2.09. The smallest absolute Gasteiger partial charge is 0.253 e. The highest BCUT2D eigenvalue weighted by atomic mass is 16.5. The van der Waals surface area contributed by atoms with Crippen LogP contribution in [0, 0.1) is 0 Å². The molecule has 0 saturated carbocycles. The monoisotopic (exact) mass is 340 g/mol. The number of benzene rings is 2. The fourth-order valence-corrected chi connectivity index (χ4v) is 2.45. The van der Waals surface area contributed by atoms with Crippen molar-refractivity contribution in [3.05, 3.63) is 65.2 Å². The van der Waals surface area contributed by atoms with Gasteiger partial charge in [0.25, 0.3) is 5.91 Å². The van der Waals surface area contributed by atoms with E-state index in [0.29, 0.717) is 24.9 Å². The van der Waals surface area contributed by atoms with Gasteiger partial charge in [-0.15, -0.1) is 0 Å². The molecule has 0 aliphatic rings. The zero-order chi connectivity index (χ0) is 18.2. The second kappa shape index (κ2) is 8.87. The van der Waals surface area contributed by atoms with Crippen LogP contribution in [0.3, 0.4) is 0 Å². The van der Waals surface area contributed by atoms with Gasteiger partial charge in [0.05, 0.1) is 7.11 Å². The van der Waals surface area contributed by atoms with E-state index in [9.17, 15) is 9.59 Å². The van der Waals surface area contributed by atoms with Crippen molar-refractivity contribution in [1.82, 2.24) is 10.2 Å². The molecule has 2 aromatic carbocycles. The first-order chi connectivity index (χ1) is 12.0. The summed E-state index contributed by atoms with van der Waals surface area (Å²) in [6, 6.07) is 15.0. The molecule has 0 radical (unpaired) electrons. The first kappa shape index (κ1) is 18.5. The molecule has 1 N–H and O–H groups in total. The van der Waals surface area contributed by atoms with E-state index in [0.717, 1.165) is 16.9 Å². The predicted octanol–water partition coefficient (Wildman–Crippen LogP) is 2.65. The van der Waals surface area contributed by atoms with Crippen LogP contribution in [0.4, 0.5) is 0 Å². The number of carbonyl (C=O) groups excluding carboxylic acids is 2. The van der Waals surface area contributed by atoms with Crippen LogP contribution in [-0.2, 0) is 17.8 Å². The van der Waals surface area contributed by atoms with Gasteiger partial charge in [0.2, 0.25) is 5.91 Å². The van der Waals surface area contributed by atoms with Gasteiger partial charge in [0.15, 0.2) is 0 Å². The first-order valence-corrected chi connectivity index (χ1v) is 8.20. The molecule has 0 unspecified atom stereocenters. The van der Waals surface area contributed by atoms with Crippen molar-refractivity contribution < 1.29 is 14.3 Å². The second-order valence-electron chi connectivity index (χ2n) is 6.03. The van der Waals surface area contributed by atoms with Crippen LogP contribution in [0.2, 0.25) is 0 Å². The zero-order valence-corrected chi connectivity index (χ0v) is 14.9. The van der Waals surface area contributed by atoms with Gasteiger partial charge in [0.1, 0.15) is 5.75 Å². The minimum atomic E-state index is -0.0498. The summed E-state index contributed by atoms with van der Waals surface area (Å²) >= 11 is 0. The maximum Gasteiger partial charge on any atom is 0.253 e. The molecule has 2 aromatic rings. The summed E-state index contributed by atoms with van der Waals surface area (Å²) in [5.74, 6) is 0.721. The van der Waals surface area contributed by atoms with E-state index in [1.165, 1.54) is 4.90 Å². The average molecular weight is 340 g/mol. The van der Waals surface area contributed by atoms with Crippen LogP contribution < -0.4 is 10.1 Å². The van der Waals surface area contributed by atoms with Crippen LogP contribution in [0.5, 0.6) is 5.75 Å². The molecule has 2 rings (SSSR count). The van der Waals surface area contributed by atoms with E-state index in [1.807, 2.05) is 42.5 Å². The summed E-state index contributed by atoms with van der Waals surface area (Å²) in [6.07, 6.45) is 1.06. The summed E-state index contributed by atoms with van der Waals surface area (Å²) in [6.45, 7) is 0.408. The molecule has 0 atom stereocenters. The van der Waals surface area contributed by atoms with E-state index in [-0.39, 0.29) is 11.8 Å². The molecule has 0 fully saturated rings. The first-order valence-electron chi connectivity index (χ1n) is 8.20. The Labute approximate surface area is 148 Å². The highest BCUT2D eigenvalue weighted by Crippen LogP contribution is 2.14. The number of ether oxygens (including phenoxy) is 1. The van der Waals surface area contributed by atoms with Crippen molar-refractivity contribution in [3.8, 4) is 5.75 Å². The van der Waals surface area contributed by atoms with Crippen molar-refractivity contribution in [2.24, 2.45) is 0 Å². The maximum atomic E-state index is 12.1. The average Bonchev–Trinajstić information content (AvgIpc) is 2.64. The number of rotatable bonds is 7. The van der Waals surface area contributed by atoms with Crippen LogP contribution in [0.15, 0.2) is 48.5 Å². The normalized spacial score (nSPS) is 10.2. The van der Waals surface area contributed by atoms with Crippen molar-refractivity contribution in [2.45, 2.75) is 19.4 Å². The molecule has 0 bridgehead atoms. The molecule has 5 heteroatoms. The number of nitrogens with zero attached hydrogens (tertiary/aromatic N) is 1. The van der Waals surface area contributed by atoms with E-state index in [1.54, 1.807) is 27.3 Å². The summed E-state index contributed by atoms with van der Waals surface area (Å²) in [7, 11) is 5.06. The molecule has 5 nitrogen and oxygen atoms in total. The molecule has 2 amide bonds. The van der Waals surface area contributed by atoms with Crippen LogP contribution in [0.25, 0.3) is 0 Å². The fourth-order valence-electron chi connectivity index (χ4n) is 2.45. The Hall–Kier alpha value is -2.82. The topological polar surface area (TPSA) is 58.6 Å². The third kappa shape index (κ3) is 5.64. The summed E-state index contributed by atoms with van der Waals surface area (Å²) in [5.41, 5.74) is 2.59. The van der Waals surface area contributed by atoms with Gasteiger partial charge >= 0.3 is 0 Å². The standard InChI is InChI=1S/C20H24N2O3/c1-22(2)20(24)17-8-4-7-16(12-17)14-21-19(23)11-10-15-6-5-9-18(13-15)25-3/h4-9,12-13H,10-11,14H2,1-3H3,(H,21,23). The number of amides is 2. The van der Waals surface area contributed by atoms with Gasteiger partial charge in [-0.25, -0.2) is 0 Å². The lowest BCUT2D eigenvalue weighted by molar-refractivity contribution is -0.121. The number of nitrogens with one attached hydrogen (secondary N) is 1. The molecule has 0 aliphatic carbocycles. The van der Waals surface area contributed by atoms with E-state index >= 15 is 0 Å². The largest absolute Gasteiger partial charge is 0.497 e. The molecule has 0 spiro atoms. The Morgan fingerprint density at radius 2 is 1.76 bits per heavy atom. The van der Waals surface area contributed by atoms with Gasteiger partial charge in [-0.2, -0.15) is 0 Å². The van der Waals surface area contributed by atoms with Gasteiger partial charge in [0, 0.05) is 32.6 Å². The van der Waals surface area contributed by atoms with E-state index in [4.69, 9.17) is 4.74 Å². The number of carbonyl (C=O) groups is 2. The zero-order valence-electron chi connectivity index (χ0n) is 14.9. The summed E-state index contributed by atoms with van der Waals surface area (Å²) in [4.78, 5) is 25.6. The number of methoxy groups -OCH3 is 1. The Morgan fingerprint density at radius 3 is 2.48 bits per heavy atom. The van der Waals surface area contributed by atoms with Crippen molar-refractivity contribution >= 4 is 11.8 Å². The van der Waals surface area contributed by atoms with Crippen LogP contribution in [-0.4, -0.2) is 37.9 Å². The lowest BCUT2D eigenvalue weighted by Crippen LogP contribution is -2.24. The Morgan fingerprint density at radius 1 is 1.04 bits per heavy atom. The van der Waals surface area contributed by atoms with Gasteiger partial charge < -0.3 is 15.0 Å². The third-order valence-electron chi connectivity index (χ3n) is 3.84. The Balaban J connectivity index is 1.85. The molecule has 0 aliphatic heterocycles. The summed E-state index contributed by atoms with van der Waals surface area (Å²) < 4.78 is 5.18. The molecule has 25 heavy (non-hydrogen) atoms. The number of aryl methyl sites for hydroxylation is 1. The summed E-state index contributed by atoms with van der Waals surface area (Å²) in [5, 5.41) is 2.90. The lowest BCUT2D eigenvalue weighted by atomic mass is 10.1. The molecular formula is C20H24N2O3. The second-order valence-corrected chi connectivity index (χ2v) is 6.03. The number of hydrogen-bond donors (Lipinski definition) is 1. The fraction of sp³-hybridized carbons (Fsp3) is 0.300. The Kier molecular flexibility index (Phi) is 6.57. The number of hydrogen-bond acceptors (Lipinski definition) is 3. The highest BCUT2D eigenvalue weighted by molar-refractivity contribution is 5.94. The predicted molar refractivity (Wildman–Crippen MR) is 97.6 cm³/mol. The molecule has 0 aromatic heterocycles. The van der Waals surface area contributed by atoms with Gasteiger partial charge in [-0.1, -0.05) is 24.3 Å². The SMILES string of the molecule is COc1cccc(CCC(=O)NCc2cccc(C(=O)N(C)C)c2)c1. The molecule has 0 heterocycles. The van der Waals surface area contributed by atoms with Crippen LogP contribution >= 0.6 is 0 Å². The minimum absolute atomic E-state index is 0.0211. The molecule has 132 valence electrons. The lowest BCUT2D eigenvalue weighted by Gasteiger charge is -2.11. The molecule has 0 saturated heterocycles. The van der Waals surface area contributed by atoms with Gasteiger partial charge in [-0.05, 0) is 41.8 Å². The third-order valence-corrected chi connectivity index (χ3v) is 3.84. The van der Waals surface area contributed by atoms with Crippen molar-refractivity contribution in [3.63, 3.8) is 0 Å². The molecular weight excluding hydrogens is 316 g/mol. The van der Waals surface area contributed by atoms with E-state index < -0.39 is 0 Å².